The van der Waals surface area contributed by atoms with E-state index in [0.717, 1.165) is 47.7 Å². The molecular weight excluding hydrogens is 356 g/mol. The molecule has 1 aliphatic rings. The van der Waals surface area contributed by atoms with E-state index in [4.69, 9.17) is 0 Å². The van der Waals surface area contributed by atoms with Crippen molar-refractivity contribution in [3.63, 3.8) is 0 Å². The van der Waals surface area contributed by atoms with Gasteiger partial charge in [-0.3, -0.25) is 4.99 Å². The third kappa shape index (κ3) is 5.66. The van der Waals surface area contributed by atoms with Gasteiger partial charge in [0.15, 0.2) is 5.96 Å². The number of thiazole rings is 1. The first kappa shape index (κ1) is 19.6. The van der Waals surface area contributed by atoms with Crippen LogP contribution >= 0.6 is 11.3 Å². The summed E-state index contributed by atoms with van der Waals surface area (Å²) in [7, 11) is 1.79. The van der Waals surface area contributed by atoms with Gasteiger partial charge in [0.25, 0.3) is 0 Å². The Kier molecular flexibility index (Phi) is 7.04. The fourth-order valence-electron chi connectivity index (χ4n) is 3.32. The van der Waals surface area contributed by atoms with Crippen LogP contribution in [0.2, 0.25) is 0 Å². The van der Waals surface area contributed by atoms with E-state index in [2.05, 4.69) is 42.6 Å². The smallest absolute Gasteiger partial charge is 0.191 e. The van der Waals surface area contributed by atoms with Crippen molar-refractivity contribution in [1.82, 2.24) is 20.6 Å². The summed E-state index contributed by atoms with van der Waals surface area (Å²) in [6.45, 7) is 7.77. The summed E-state index contributed by atoms with van der Waals surface area (Å²) in [5.74, 6) is 1.89. The Hall–Kier alpha value is -2.15. The van der Waals surface area contributed by atoms with E-state index in [1.54, 1.807) is 18.4 Å². The van der Waals surface area contributed by atoms with Gasteiger partial charge in [-0.1, -0.05) is 18.9 Å². The van der Waals surface area contributed by atoms with Crippen molar-refractivity contribution in [3.05, 3.63) is 39.5 Å². The maximum atomic E-state index is 4.67. The number of hydrogen-bond donors (Lipinski definition) is 2. The number of aromatic nitrogens is 2. The van der Waals surface area contributed by atoms with Crippen LogP contribution in [0.4, 0.5) is 5.82 Å². The molecule has 0 aromatic carbocycles. The lowest BCUT2D eigenvalue weighted by atomic mass is 10.2. The molecule has 0 unspecified atom stereocenters. The molecule has 0 saturated carbocycles. The number of hydrogen-bond acceptors (Lipinski definition) is 5. The van der Waals surface area contributed by atoms with Crippen molar-refractivity contribution < 1.29 is 0 Å². The van der Waals surface area contributed by atoms with E-state index in [1.165, 1.54) is 30.6 Å². The average molecular weight is 387 g/mol. The minimum atomic E-state index is 0.702. The third-order valence-corrected chi connectivity index (χ3v) is 5.91. The second-order valence-electron chi connectivity index (χ2n) is 6.95. The predicted octanol–water partition coefficient (Wildman–Crippen LogP) is 3.40. The number of aryl methyl sites for hydroxylation is 2. The van der Waals surface area contributed by atoms with Gasteiger partial charge >= 0.3 is 0 Å². The van der Waals surface area contributed by atoms with Crippen LogP contribution in [-0.4, -0.2) is 36.1 Å². The quantitative estimate of drug-likeness (QED) is 0.609. The van der Waals surface area contributed by atoms with Crippen LogP contribution in [0.25, 0.3) is 0 Å². The first-order valence-corrected chi connectivity index (χ1v) is 10.5. The molecule has 1 aliphatic heterocycles. The van der Waals surface area contributed by atoms with E-state index in [0.29, 0.717) is 6.54 Å². The number of nitrogens with zero attached hydrogens (tertiary/aromatic N) is 4. The van der Waals surface area contributed by atoms with Crippen molar-refractivity contribution in [3.8, 4) is 0 Å². The molecule has 0 bridgehead atoms. The van der Waals surface area contributed by atoms with E-state index in [1.807, 2.05) is 20.0 Å². The number of nitrogens with one attached hydrogen (secondary N) is 2. The SMILES string of the molecule is CN=C(NCc1ccc(N2CCCCCC2)nc1)NCc1sc(C)nc1C. The first-order chi connectivity index (χ1) is 13.2. The van der Waals surface area contributed by atoms with Crippen molar-refractivity contribution >= 4 is 23.1 Å². The van der Waals surface area contributed by atoms with Gasteiger partial charge in [-0.05, 0) is 38.3 Å². The molecule has 0 amide bonds. The van der Waals surface area contributed by atoms with Crippen LogP contribution in [-0.2, 0) is 13.1 Å². The summed E-state index contributed by atoms with van der Waals surface area (Å²) >= 11 is 1.73. The number of rotatable bonds is 5. The molecule has 1 fully saturated rings. The monoisotopic (exact) mass is 386 g/mol. The Bertz CT molecular complexity index is 744. The molecule has 0 radical (unpaired) electrons. The fourth-order valence-corrected chi connectivity index (χ4v) is 4.19. The van der Waals surface area contributed by atoms with Crippen LogP contribution in [0, 0.1) is 13.8 Å². The van der Waals surface area contributed by atoms with Crippen molar-refractivity contribution in [2.24, 2.45) is 4.99 Å². The van der Waals surface area contributed by atoms with Gasteiger partial charge in [-0.15, -0.1) is 11.3 Å². The van der Waals surface area contributed by atoms with Crippen molar-refractivity contribution in [1.29, 1.82) is 0 Å². The number of guanidine groups is 1. The Morgan fingerprint density at radius 2 is 1.85 bits per heavy atom. The maximum absolute atomic E-state index is 4.67. The summed E-state index contributed by atoms with van der Waals surface area (Å²) in [6.07, 6.45) is 7.19. The van der Waals surface area contributed by atoms with Gasteiger partial charge in [-0.2, -0.15) is 0 Å². The number of anilines is 1. The molecule has 1 saturated heterocycles. The zero-order chi connectivity index (χ0) is 19.1. The fraction of sp³-hybridized carbons (Fsp3) is 0.550. The van der Waals surface area contributed by atoms with Crippen LogP contribution in [0.3, 0.4) is 0 Å². The molecule has 7 heteroatoms. The lowest BCUT2D eigenvalue weighted by Crippen LogP contribution is -2.36. The molecule has 0 atom stereocenters. The van der Waals surface area contributed by atoms with E-state index < -0.39 is 0 Å². The first-order valence-electron chi connectivity index (χ1n) is 9.73. The average Bonchev–Trinajstić information content (AvgIpc) is 2.87. The van der Waals surface area contributed by atoms with Gasteiger partial charge in [0, 0.05) is 37.8 Å². The Morgan fingerprint density at radius 3 is 2.44 bits per heavy atom. The highest BCUT2D eigenvalue weighted by Gasteiger charge is 2.11. The minimum Gasteiger partial charge on any atom is -0.357 e. The lowest BCUT2D eigenvalue weighted by molar-refractivity contribution is 0.726. The van der Waals surface area contributed by atoms with Gasteiger partial charge in [0.05, 0.1) is 17.2 Å². The zero-order valence-corrected chi connectivity index (χ0v) is 17.4. The molecule has 2 aromatic heterocycles. The van der Waals surface area contributed by atoms with Crippen molar-refractivity contribution in [2.45, 2.75) is 52.6 Å². The topological polar surface area (TPSA) is 65.4 Å². The molecule has 3 rings (SSSR count). The molecule has 27 heavy (non-hydrogen) atoms. The third-order valence-electron chi connectivity index (χ3n) is 4.84. The summed E-state index contributed by atoms with van der Waals surface area (Å²) in [4.78, 5) is 17.1. The minimum absolute atomic E-state index is 0.702. The Morgan fingerprint density at radius 1 is 1.11 bits per heavy atom. The van der Waals surface area contributed by atoms with E-state index >= 15 is 0 Å². The van der Waals surface area contributed by atoms with Crippen LogP contribution in [0.1, 0.15) is 46.8 Å². The lowest BCUT2D eigenvalue weighted by Gasteiger charge is -2.21. The highest BCUT2D eigenvalue weighted by Crippen LogP contribution is 2.18. The van der Waals surface area contributed by atoms with Gasteiger partial charge in [0.2, 0.25) is 0 Å². The highest BCUT2D eigenvalue weighted by atomic mass is 32.1. The Balaban J connectivity index is 1.50. The molecule has 2 aromatic rings. The number of pyridine rings is 1. The highest BCUT2D eigenvalue weighted by molar-refractivity contribution is 7.11. The Labute approximate surface area is 166 Å². The summed E-state index contributed by atoms with van der Waals surface area (Å²) < 4.78 is 0. The maximum Gasteiger partial charge on any atom is 0.191 e. The van der Waals surface area contributed by atoms with E-state index in [-0.39, 0.29) is 0 Å². The summed E-state index contributed by atoms with van der Waals surface area (Å²) in [6, 6.07) is 4.30. The summed E-state index contributed by atoms with van der Waals surface area (Å²) in [5, 5.41) is 7.82. The van der Waals surface area contributed by atoms with Gasteiger partial charge in [-0.25, -0.2) is 9.97 Å². The molecular formula is C20H30N6S. The molecule has 6 nitrogen and oxygen atoms in total. The second kappa shape index (κ2) is 9.69. The normalized spacial score (nSPS) is 15.5. The van der Waals surface area contributed by atoms with Crippen molar-refractivity contribution in [2.75, 3.05) is 25.0 Å². The molecule has 146 valence electrons. The summed E-state index contributed by atoms with van der Waals surface area (Å²) in [5.41, 5.74) is 2.25. The largest absolute Gasteiger partial charge is 0.357 e. The zero-order valence-electron chi connectivity index (χ0n) is 16.6. The van der Waals surface area contributed by atoms with Crippen LogP contribution < -0.4 is 15.5 Å². The van der Waals surface area contributed by atoms with Gasteiger partial charge < -0.3 is 15.5 Å². The molecule has 0 aliphatic carbocycles. The predicted molar refractivity (Wildman–Crippen MR) is 114 cm³/mol. The molecule has 3 heterocycles. The molecule has 2 N–H and O–H groups in total. The van der Waals surface area contributed by atoms with Crippen LogP contribution in [0.5, 0.6) is 0 Å². The van der Waals surface area contributed by atoms with Crippen LogP contribution in [0.15, 0.2) is 23.3 Å². The number of aliphatic imine (C=N–C) groups is 1. The molecule has 0 spiro atoms. The van der Waals surface area contributed by atoms with Gasteiger partial charge in [0.1, 0.15) is 5.82 Å². The standard InChI is InChI=1S/C20H30N6S/c1-15-18(27-16(2)25-15)14-24-20(21-3)23-13-17-8-9-19(22-12-17)26-10-6-4-5-7-11-26/h8-9,12H,4-7,10-11,13-14H2,1-3H3,(H2,21,23,24). The van der Waals surface area contributed by atoms with E-state index in [9.17, 15) is 0 Å². The second-order valence-corrected chi connectivity index (χ2v) is 8.23.